The number of ether oxygens (including phenoxy) is 1. The quantitative estimate of drug-likeness (QED) is 0.332. The van der Waals surface area contributed by atoms with E-state index in [1.54, 1.807) is 18.0 Å². The molecule has 4 aromatic rings. The molecule has 0 atom stereocenters. The number of aromatic nitrogens is 6. The van der Waals surface area contributed by atoms with Crippen molar-refractivity contribution in [2.45, 2.75) is 33.1 Å². The van der Waals surface area contributed by atoms with Crippen LogP contribution in [0.3, 0.4) is 0 Å². The highest BCUT2D eigenvalue weighted by molar-refractivity contribution is 6.04. The molecule has 2 N–H and O–H groups in total. The van der Waals surface area contributed by atoms with Gasteiger partial charge in [-0.25, -0.2) is 19.9 Å². The molecule has 4 heterocycles. The summed E-state index contributed by atoms with van der Waals surface area (Å²) in [5.74, 6) is 1.62. The van der Waals surface area contributed by atoms with E-state index in [4.69, 9.17) is 9.72 Å². The summed E-state index contributed by atoms with van der Waals surface area (Å²) in [6, 6.07) is 7.45. The van der Waals surface area contributed by atoms with Gasteiger partial charge < -0.3 is 20.3 Å². The van der Waals surface area contributed by atoms with Gasteiger partial charge in [-0.3, -0.25) is 14.4 Å². The van der Waals surface area contributed by atoms with Crippen molar-refractivity contribution in [3.63, 3.8) is 0 Å². The maximum atomic E-state index is 13.2. The number of rotatable bonds is 8. The number of methoxy groups -OCH3 is 1. The molecule has 0 radical (unpaired) electrons. The summed E-state index contributed by atoms with van der Waals surface area (Å²) >= 11 is 0. The minimum Gasteiger partial charge on any atom is -0.383 e. The Labute approximate surface area is 240 Å². The number of fused-ring (bicyclic) bond motifs is 1. The SMILES string of the molecule is COCCN1CCN(c2ncc3ncnc(Nc4cc(C(=O)Nc5cc(C(C)(C)C)nn5C)ccc4C)c3n2)CC1. The minimum absolute atomic E-state index is 0.121. The lowest BCUT2D eigenvalue weighted by Gasteiger charge is -2.34. The Morgan fingerprint density at radius 1 is 1.07 bits per heavy atom. The van der Waals surface area contributed by atoms with E-state index in [0.29, 0.717) is 34.2 Å². The van der Waals surface area contributed by atoms with Crippen molar-refractivity contribution in [1.29, 1.82) is 0 Å². The number of carbonyl (C=O) groups excluding carboxylic acids is 1. The zero-order chi connectivity index (χ0) is 29.1. The van der Waals surface area contributed by atoms with Crippen molar-refractivity contribution in [2.24, 2.45) is 7.05 Å². The highest BCUT2D eigenvalue weighted by Crippen LogP contribution is 2.27. The van der Waals surface area contributed by atoms with Crippen LogP contribution in [-0.4, -0.2) is 87.0 Å². The molecule has 216 valence electrons. The lowest BCUT2D eigenvalue weighted by Crippen LogP contribution is -2.47. The molecule has 12 nitrogen and oxygen atoms in total. The van der Waals surface area contributed by atoms with Gasteiger partial charge in [0.1, 0.15) is 23.2 Å². The molecule has 0 unspecified atom stereocenters. The van der Waals surface area contributed by atoms with Gasteiger partial charge in [0.05, 0.1) is 18.5 Å². The van der Waals surface area contributed by atoms with Gasteiger partial charge in [0.2, 0.25) is 5.95 Å². The second-order valence-electron chi connectivity index (χ2n) is 11.3. The van der Waals surface area contributed by atoms with Crippen molar-refractivity contribution < 1.29 is 9.53 Å². The predicted octanol–water partition coefficient (Wildman–Crippen LogP) is 3.52. The Morgan fingerprint density at radius 2 is 1.85 bits per heavy atom. The molecule has 1 aliphatic heterocycles. The molecule has 1 aromatic carbocycles. The Kier molecular flexibility index (Phi) is 8.13. The maximum absolute atomic E-state index is 13.2. The second kappa shape index (κ2) is 11.8. The Bertz CT molecular complexity index is 1540. The van der Waals surface area contributed by atoms with Gasteiger partial charge in [0.25, 0.3) is 5.91 Å². The lowest BCUT2D eigenvalue weighted by atomic mass is 9.92. The van der Waals surface area contributed by atoms with Gasteiger partial charge in [-0.05, 0) is 24.6 Å². The number of anilines is 4. The number of hydrogen-bond donors (Lipinski definition) is 2. The first-order valence-corrected chi connectivity index (χ1v) is 13.8. The number of nitrogens with one attached hydrogen (secondary N) is 2. The van der Waals surface area contributed by atoms with Crippen molar-refractivity contribution in [3.05, 3.63) is 53.6 Å². The summed E-state index contributed by atoms with van der Waals surface area (Å²) in [5.41, 5.74) is 4.28. The number of amides is 1. The zero-order valence-electron chi connectivity index (χ0n) is 24.6. The van der Waals surface area contributed by atoms with Gasteiger partial charge in [-0.15, -0.1) is 0 Å². The van der Waals surface area contributed by atoms with Crippen LogP contribution in [0.5, 0.6) is 0 Å². The van der Waals surface area contributed by atoms with Gasteiger partial charge in [0, 0.05) is 69.6 Å². The first kappa shape index (κ1) is 28.4. The summed E-state index contributed by atoms with van der Waals surface area (Å²) in [5, 5.41) is 10.9. The summed E-state index contributed by atoms with van der Waals surface area (Å²) in [7, 11) is 3.55. The molecule has 0 saturated carbocycles. The Hall–Kier alpha value is -4.16. The van der Waals surface area contributed by atoms with Crippen molar-refractivity contribution in [2.75, 3.05) is 62.0 Å². The van der Waals surface area contributed by atoms with Crippen LogP contribution in [0.2, 0.25) is 0 Å². The molecule has 3 aromatic heterocycles. The first-order valence-electron chi connectivity index (χ1n) is 13.8. The fourth-order valence-corrected chi connectivity index (χ4v) is 4.65. The van der Waals surface area contributed by atoms with E-state index in [0.717, 1.165) is 56.3 Å². The summed E-state index contributed by atoms with van der Waals surface area (Å²) < 4.78 is 6.90. The highest BCUT2D eigenvalue weighted by Gasteiger charge is 2.22. The summed E-state index contributed by atoms with van der Waals surface area (Å²) in [6.07, 6.45) is 3.22. The van der Waals surface area contributed by atoms with Gasteiger partial charge in [-0.1, -0.05) is 26.8 Å². The largest absolute Gasteiger partial charge is 0.383 e. The average molecular weight is 559 g/mol. The van der Waals surface area contributed by atoms with E-state index in [9.17, 15) is 4.79 Å². The number of aryl methyl sites for hydroxylation is 2. The zero-order valence-corrected chi connectivity index (χ0v) is 24.6. The Morgan fingerprint density at radius 3 is 2.56 bits per heavy atom. The van der Waals surface area contributed by atoms with Crippen molar-refractivity contribution in [1.82, 2.24) is 34.6 Å². The van der Waals surface area contributed by atoms with Crippen LogP contribution in [0.4, 0.5) is 23.3 Å². The van der Waals surface area contributed by atoms with E-state index in [-0.39, 0.29) is 11.3 Å². The van der Waals surface area contributed by atoms with Crippen LogP contribution in [0.25, 0.3) is 11.0 Å². The van der Waals surface area contributed by atoms with Crippen LogP contribution in [0, 0.1) is 6.92 Å². The van der Waals surface area contributed by atoms with E-state index >= 15 is 0 Å². The molecule has 1 amide bonds. The van der Waals surface area contributed by atoms with E-state index in [1.165, 1.54) is 6.33 Å². The molecule has 0 bridgehead atoms. The molecular formula is C29H38N10O2. The summed E-state index contributed by atoms with van der Waals surface area (Å²) in [4.78, 5) is 36.1. The third-order valence-corrected chi connectivity index (χ3v) is 7.27. The first-order chi connectivity index (χ1) is 19.6. The molecule has 1 aliphatic rings. The standard InChI is InChI=1S/C29H38N10O2/c1-19-7-8-20(27(40)34-24-16-23(29(2,3)4)36-37(24)5)15-21(19)33-26-25-22(31-18-32-26)17-30-28(35-25)39-11-9-38(10-12-39)13-14-41-6/h7-8,15-18H,9-14H2,1-6H3,(H,34,40)(H,31,32,33). The normalized spacial score (nSPS) is 14.4. The number of benzene rings is 1. The molecule has 5 rings (SSSR count). The fourth-order valence-electron chi connectivity index (χ4n) is 4.65. The third kappa shape index (κ3) is 6.44. The van der Waals surface area contributed by atoms with Gasteiger partial charge in [-0.2, -0.15) is 5.10 Å². The maximum Gasteiger partial charge on any atom is 0.256 e. The lowest BCUT2D eigenvalue weighted by molar-refractivity contribution is 0.102. The monoisotopic (exact) mass is 558 g/mol. The number of hydrogen-bond acceptors (Lipinski definition) is 10. The van der Waals surface area contributed by atoms with Gasteiger partial charge in [0.15, 0.2) is 5.82 Å². The topological polar surface area (TPSA) is 126 Å². The molecule has 12 heteroatoms. The van der Waals surface area contributed by atoms with E-state index < -0.39 is 0 Å². The third-order valence-electron chi connectivity index (χ3n) is 7.27. The number of nitrogens with zero attached hydrogens (tertiary/aromatic N) is 8. The number of piperazine rings is 1. The van der Waals surface area contributed by atoms with Crippen molar-refractivity contribution in [3.8, 4) is 0 Å². The summed E-state index contributed by atoms with van der Waals surface area (Å²) in [6.45, 7) is 13.4. The minimum atomic E-state index is -0.224. The molecule has 0 spiro atoms. The number of carbonyl (C=O) groups is 1. The molecular weight excluding hydrogens is 520 g/mol. The van der Waals surface area contributed by atoms with Crippen LogP contribution in [-0.2, 0) is 17.2 Å². The van der Waals surface area contributed by atoms with Crippen LogP contribution in [0.15, 0.2) is 36.8 Å². The fraction of sp³-hybridized carbons (Fsp3) is 0.448. The van der Waals surface area contributed by atoms with Crippen LogP contribution >= 0.6 is 0 Å². The Balaban J connectivity index is 1.35. The molecule has 41 heavy (non-hydrogen) atoms. The van der Waals surface area contributed by atoms with E-state index in [2.05, 4.69) is 61.3 Å². The smallest absolute Gasteiger partial charge is 0.256 e. The second-order valence-corrected chi connectivity index (χ2v) is 11.3. The average Bonchev–Trinajstić information content (AvgIpc) is 3.33. The highest BCUT2D eigenvalue weighted by atomic mass is 16.5. The molecule has 1 saturated heterocycles. The molecule has 0 aliphatic carbocycles. The van der Waals surface area contributed by atoms with E-state index in [1.807, 2.05) is 38.2 Å². The van der Waals surface area contributed by atoms with Crippen molar-refractivity contribution >= 4 is 40.2 Å². The van der Waals surface area contributed by atoms with Crippen LogP contribution in [0.1, 0.15) is 42.4 Å². The van der Waals surface area contributed by atoms with Crippen LogP contribution < -0.4 is 15.5 Å². The molecule has 1 fully saturated rings. The van der Waals surface area contributed by atoms with Gasteiger partial charge >= 0.3 is 0 Å². The predicted molar refractivity (Wildman–Crippen MR) is 160 cm³/mol.